The molecule has 3 amide bonds. The molecule has 0 spiro atoms. The number of benzene rings is 2. The van der Waals surface area contributed by atoms with E-state index in [-0.39, 0.29) is 42.4 Å². The number of hydrogen-bond acceptors (Lipinski definition) is 3. The van der Waals surface area contributed by atoms with Crippen molar-refractivity contribution in [3.05, 3.63) is 70.5 Å². The minimum Gasteiger partial charge on any atom is -0.307 e. The maximum Gasteiger partial charge on any atom is 0.266 e. The van der Waals surface area contributed by atoms with Crippen LogP contribution in [0.25, 0.3) is 5.57 Å². The largest absolute Gasteiger partial charge is 0.307 e. The van der Waals surface area contributed by atoms with E-state index in [2.05, 4.69) is 10.9 Å². The fourth-order valence-electron chi connectivity index (χ4n) is 4.35. The van der Waals surface area contributed by atoms with Gasteiger partial charge in [0.2, 0.25) is 11.8 Å². The average molecular weight is 448 g/mol. The number of carbonyl (C=O) groups is 3. The number of nitrogens with one attached hydrogen (secondary N) is 2. The van der Waals surface area contributed by atoms with Gasteiger partial charge in [-0.1, -0.05) is 30.3 Å². The number of allylic oxidation sites excluding steroid dienone is 1. The third-order valence-electron chi connectivity index (χ3n) is 6.52. The Bertz CT molecular complexity index is 1180. The summed E-state index contributed by atoms with van der Waals surface area (Å²) in [6.45, 7) is 1.91. The van der Waals surface area contributed by atoms with Crippen LogP contribution in [0, 0.1) is 24.6 Å². The monoisotopic (exact) mass is 447 g/mol. The van der Waals surface area contributed by atoms with Gasteiger partial charge in [-0.2, -0.15) is 0 Å². The molecule has 2 aliphatic carbocycles. The number of anilines is 1. The Hall–Kier alpha value is -3.48. The quantitative estimate of drug-likeness (QED) is 0.685. The van der Waals surface area contributed by atoms with Gasteiger partial charge in [-0.05, 0) is 67.4 Å². The number of para-hydroxylation sites is 1. The molecule has 0 bridgehead atoms. The Morgan fingerprint density at radius 1 is 1.06 bits per heavy atom. The van der Waals surface area contributed by atoms with Gasteiger partial charge in [0, 0.05) is 17.1 Å². The predicted molar refractivity (Wildman–Crippen MR) is 122 cm³/mol. The summed E-state index contributed by atoms with van der Waals surface area (Å²) < 4.78 is 14.2. The van der Waals surface area contributed by atoms with Crippen LogP contribution < -0.4 is 15.8 Å². The van der Waals surface area contributed by atoms with Gasteiger partial charge in [0.25, 0.3) is 5.91 Å². The van der Waals surface area contributed by atoms with E-state index in [1.807, 2.05) is 30.3 Å². The molecule has 2 N–H and O–H groups in total. The van der Waals surface area contributed by atoms with Crippen molar-refractivity contribution in [1.29, 1.82) is 0 Å². The van der Waals surface area contributed by atoms with Gasteiger partial charge in [0.15, 0.2) is 0 Å². The molecule has 3 aliphatic rings. The second-order valence-corrected chi connectivity index (χ2v) is 9.14. The topological polar surface area (TPSA) is 78.5 Å². The molecule has 0 atom stereocenters. The minimum atomic E-state index is -0.447. The Kier molecular flexibility index (Phi) is 5.48. The van der Waals surface area contributed by atoms with Gasteiger partial charge in [-0.25, -0.2) is 4.39 Å². The zero-order valence-corrected chi connectivity index (χ0v) is 18.5. The number of fused-ring (bicyclic) bond motifs is 1. The molecule has 2 saturated carbocycles. The summed E-state index contributed by atoms with van der Waals surface area (Å²) in [5.74, 6) is -1.03. The van der Waals surface area contributed by atoms with Crippen LogP contribution in [0.2, 0.25) is 0 Å². The molecule has 6 nitrogen and oxygen atoms in total. The van der Waals surface area contributed by atoms with Crippen molar-refractivity contribution >= 4 is 29.0 Å². The molecular formula is C26H26FN3O3. The van der Waals surface area contributed by atoms with E-state index in [1.165, 1.54) is 6.07 Å². The van der Waals surface area contributed by atoms with E-state index in [9.17, 15) is 18.8 Å². The normalized spacial score (nSPS) is 18.0. The van der Waals surface area contributed by atoms with Crippen molar-refractivity contribution < 1.29 is 18.8 Å². The number of nitrogens with zero attached hydrogens (tertiary/aromatic N) is 1. The number of amides is 3. The highest BCUT2D eigenvalue weighted by Gasteiger charge is 2.38. The molecule has 2 fully saturated rings. The summed E-state index contributed by atoms with van der Waals surface area (Å²) >= 11 is 0. The van der Waals surface area contributed by atoms with E-state index in [4.69, 9.17) is 0 Å². The van der Waals surface area contributed by atoms with Crippen molar-refractivity contribution in [3.63, 3.8) is 0 Å². The van der Waals surface area contributed by atoms with E-state index < -0.39 is 5.91 Å². The molecule has 170 valence electrons. The van der Waals surface area contributed by atoms with Crippen LogP contribution >= 0.6 is 0 Å². The molecule has 2 aromatic rings. The lowest BCUT2D eigenvalue weighted by Gasteiger charge is -2.24. The number of rotatable bonds is 5. The highest BCUT2D eigenvalue weighted by Crippen LogP contribution is 2.48. The van der Waals surface area contributed by atoms with Crippen LogP contribution in [0.4, 0.5) is 10.1 Å². The van der Waals surface area contributed by atoms with Crippen LogP contribution in [-0.2, 0) is 20.9 Å². The number of halogens is 1. The number of carbonyl (C=O) groups excluding carboxylic acids is 3. The first kappa shape index (κ1) is 21.4. The summed E-state index contributed by atoms with van der Waals surface area (Å²) in [5.41, 5.74) is 9.08. The van der Waals surface area contributed by atoms with Crippen molar-refractivity contribution in [2.24, 2.45) is 11.8 Å². The van der Waals surface area contributed by atoms with Crippen LogP contribution in [0.1, 0.15) is 48.8 Å². The van der Waals surface area contributed by atoms with E-state index >= 15 is 0 Å². The van der Waals surface area contributed by atoms with Gasteiger partial charge in [0.05, 0.1) is 18.7 Å². The molecule has 7 heteroatoms. The van der Waals surface area contributed by atoms with Crippen molar-refractivity contribution in [1.82, 2.24) is 10.9 Å². The van der Waals surface area contributed by atoms with Crippen LogP contribution in [0.3, 0.4) is 0 Å². The summed E-state index contributed by atoms with van der Waals surface area (Å²) in [4.78, 5) is 40.2. The van der Waals surface area contributed by atoms with Gasteiger partial charge in [0.1, 0.15) is 5.82 Å². The first-order valence-electron chi connectivity index (χ1n) is 11.4. The standard InChI is InChI=1S/C26H26FN3O3/c1-15-6-7-16(12-21(15)27)14-30-22-5-3-2-4-19(22)24(17-8-9-17)20(13-23(30)31)26(33)29-28-25(32)18-10-11-18/h2-7,12,17-18H,8-11,13-14H2,1H3,(H,28,32)(H,29,33). The maximum absolute atomic E-state index is 14.2. The first-order valence-corrected chi connectivity index (χ1v) is 11.4. The molecule has 1 aliphatic heterocycles. The highest BCUT2D eigenvalue weighted by atomic mass is 19.1. The Balaban J connectivity index is 1.49. The molecule has 0 radical (unpaired) electrons. The van der Waals surface area contributed by atoms with Crippen molar-refractivity contribution in [2.75, 3.05) is 4.90 Å². The Morgan fingerprint density at radius 3 is 2.52 bits per heavy atom. The Morgan fingerprint density at radius 2 is 1.82 bits per heavy atom. The van der Waals surface area contributed by atoms with Crippen molar-refractivity contribution in [3.8, 4) is 0 Å². The third-order valence-corrected chi connectivity index (χ3v) is 6.52. The van der Waals surface area contributed by atoms with Gasteiger partial charge >= 0.3 is 0 Å². The number of aryl methyl sites for hydroxylation is 1. The SMILES string of the molecule is Cc1ccc(CN2C(=O)CC(C(=O)NNC(=O)C3CC3)=C(C3CC3)c3ccccc32)cc1F. The summed E-state index contributed by atoms with van der Waals surface area (Å²) in [6, 6.07) is 12.5. The molecule has 0 saturated heterocycles. The third kappa shape index (κ3) is 4.40. The number of hydrazine groups is 1. The molecule has 2 aromatic carbocycles. The summed E-state index contributed by atoms with van der Waals surface area (Å²) in [5, 5.41) is 0. The zero-order chi connectivity index (χ0) is 23.1. The fourth-order valence-corrected chi connectivity index (χ4v) is 4.35. The van der Waals surface area contributed by atoms with Crippen LogP contribution in [0.15, 0.2) is 48.0 Å². The summed E-state index contributed by atoms with van der Waals surface area (Å²) in [7, 11) is 0. The average Bonchev–Trinajstić information content (AvgIpc) is 3.70. The van der Waals surface area contributed by atoms with E-state index in [0.29, 0.717) is 16.7 Å². The van der Waals surface area contributed by atoms with Gasteiger partial charge < -0.3 is 4.90 Å². The lowest BCUT2D eigenvalue weighted by Crippen LogP contribution is -2.43. The highest BCUT2D eigenvalue weighted by molar-refractivity contribution is 6.12. The van der Waals surface area contributed by atoms with Crippen LogP contribution in [0.5, 0.6) is 0 Å². The van der Waals surface area contributed by atoms with Crippen molar-refractivity contribution in [2.45, 2.75) is 45.6 Å². The molecule has 1 heterocycles. The molecule has 0 unspecified atom stereocenters. The lowest BCUT2D eigenvalue weighted by molar-refractivity contribution is -0.128. The first-order chi connectivity index (χ1) is 15.9. The smallest absolute Gasteiger partial charge is 0.266 e. The van der Waals surface area contributed by atoms with E-state index in [0.717, 1.165) is 42.5 Å². The Labute approximate surface area is 191 Å². The molecule has 33 heavy (non-hydrogen) atoms. The van der Waals surface area contributed by atoms with Crippen LogP contribution in [-0.4, -0.2) is 17.7 Å². The molecule has 0 aromatic heterocycles. The minimum absolute atomic E-state index is 0.0379. The second kappa shape index (κ2) is 8.46. The second-order valence-electron chi connectivity index (χ2n) is 9.14. The van der Waals surface area contributed by atoms with Gasteiger partial charge in [-0.3, -0.25) is 25.2 Å². The summed E-state index contributed by atoms with van der Waals surface area (Å²) in [6.07, 6.45) is 3.48. The van der Waals surface area contributed by atoms with Gasteiger partial charge in [-0.15, -0.1) is 0 Å². The lowest BCUT2D eigenvalue weighted by atomic mass is 9.93. The van der Waals surface area contributed by atoms with E-state index in [1.54, 1.807) is 17.9 Å². The maximum atomic E-state index is 14.2. The molecule has 5 rings (SSSR count). The zero-order valence-electron chi connectivity index (χ0n) is 18.5. The predicted octanol–water partition coefficient (Wildman–Crippen LogP) is 3.79. The fraction of sp³-hybridized carbons (Fsp3) is 0.346. The molecular weight excluding hydrogens is 421 g/mol. The number of hydrogen-bond donors (Lipinski definition) is 2.